The second-order valence-corrected chi connectivity index (χ2v) is 9.67. The highest BCUT2D eigenvalue weighted by molar-refractivity contribution is 6.03. The number of carbonyl (C=O) groups excluding carboxylic acids is 2. The van der Waals surface area contributed by atoms with E-state index in [0.29, 0.717) is 12.2 Å². The van der Waals surface area contributed by atoms with Crippen LogP contribution in [0.15, 0.2) is 54.6 Å². The number of carbonyl (C=O) groups is 2. The number of amides is 2. The number of hydrogen-bond donors (Lipinski definition) is 2. The van der Waals surface area contributed by atoms with Gasteiger partial charge in [-0.2, -0.15) is 4.98 Å². The normalized spacial score (nSPS) is 17.8. The Hall–Kier alpha value is -3.94. The third-order valence-corrected chi connectivity index (χ3v) is 6.75. The Bertz CT molecular complexity index is 1240. The highest BCUT2D eigenvalue weighted by Crippen LogP contribution is 2.27. The van der Waals surface area contributed by atoms with Gasteiger partial charge in [-0.1, -0.05) is 17.7 Å². The van der Waals surface area contributed by atoms with Crippen molar-refractivity contribution in [3.8, 4) is 0 Å². The standard InChI is InChI=1S/C28H32N6O2/c1-19-6-12-24(13-7-19)34-18-21(17-26(34)35)27(36)31-23-10-8-22(9-11-23)30-25-16-20(2)29-28(32-25)33-14-4-3-5-15-33/h6-13,16,21H,3-5,14-15,17-18H2,1-2H3,(H,31,36)(H,29,30,32). The second-order valence-electron chi connectivity index (χ2n) is 9.67. The topological polar surface area (TPSA) is 90.5 Å². The molecule has 0 spiro atoms. The van der Waals surface area contributed by atoms with Crippen molar-refractivity contribution >= 4 is 40.6 Å². The average molecular weight is 485 g/mol. The molecule has 5 rings (SSSR count). The third kappa shape index (κ3) is 5.48. The van der Waals surface area contributed by atoms with Crippen LogP contribution in [0.3, 0.4) is 0 Å². The van der Waals surface area contributed by atoms with Crippen LogP contribution < -0.4 is 20.4 Å². The van der Waals surface area contributed by atoms with Crippen LogP contribution in [0.1, 0.15) is 36.9 Å². The zero-order valence-electron chi connectivity index (χ0n) is 20.8. The third-order valence-electron chi connectivity index (χ3n) is 6.75. The number of piperidine rings is 1. The quantitative estimate of drug-likeness (QED) is 0.521. The van der Waals surface area contributed by atoms with Gasteiger partial charge in [0, 0.05) is 54.9 Å². The fourth-order valence-electron chi connectivity index (χ4n) is 4.74. The predicted molar refractivity (Wildman–Crippen MR) is 143 cm³/mol. The first kappa shape index (κ1) is 23.8. The highest BCUT2D eigenvalue weighted by atomic mass is 16.2. The van der Waals surface area contributed by atoms with Crippen molar-refractivity contribution < 1.29 is 9.59 Å². The van der Waals surface area contributed by atoms with Gasteiger partial charge in [0.05, 0.1) is 5.92 Å². The predicted octanol–water partition coefficient (Wildman–Crippen LogP) is 4.82. The van der Waals surface area contributed by atoms with Gasteiger partial charge in [0.2, 0.25) is 17.8 Å². The second kappa shape index (κ2) is 10.4. The summed E-state index contributed by atoms with van der Waals surface area (Å²) >= 11 is 0. The summed E-state index contributed by atoms with van der Waals surface area (Å²) in [5.74, 6) is 0.972. The lowest BCUT2D eigenvalue weighted by atomic mass is 10.1. The van der Waals surface area contributed by atoms with Crippen LogP contribution in [0.2, 0.25) is 0 Å². The number of hydrogen-bond acceptors (Lipinski definition) is 6. The fourth-order valence-corrected chi connectivity index (χ4v) is 4.74. The minimum absolute atomic E-state index is 0.0254. The van der Waals surface area contributed by atoms with Crippen molar-refractivity contribution in [2.75, 3.05) is 40.1 Å². The molecule has 2 N–H and O–H groups in total. The summed E-state index contributed by atoms with van der Waals surface area (Å²) in [6.07, 6.45) is 3.82. The van der Waals surface area contributed by atoms with Gasteiger partial charge in [-0.15, -0.1) is 0 Å². The van der Waals surface area contributed by atoms with Gasteiger partial charge in [-0.3, -0.25) is 9.59 Å². The first-order valence-electron chi connectivity index (χ1n) is 12.6. The van der Waals surface area contributed by atoms with Crippen molar-refractivity contribution in [1.29, 1.82) is 0 Å². The molecule has 2 saturated heterocycles. The summed E-state index contributed by atoms with van der Waals surface area (Å²) in [6.45, 7) is 6.36. The zero-order chi connectivity index (χ0) is 25.1. The van der Waals surface area contributed by atoms with Crippen molar-refractivity contribution in [2.24, 2.45) is 5.92 Å². The van der Waals surface area contributed by atoms with E-state index in [1.165, 1.54) is 19.3 Å². The van der Waals surface area contributed by atoms with E-state index in [2.05, 4.69) is 20.5 Å². The lowest BCUT2D eigenvalue weighted by Gasteiger charge is -2.27. The molecule has 2 aliphatic heterocycles. The molecule has 8 nitrogen and oxygen atoms in total. The van der Waals surface area contributed by atoms with E-state index in [0.717, 1.165) is 47.5 Å². The molecule has 186 valence electrons. The smallest absolute Gasteiger partial charge is 0.229 e. The van der Waals surface area contributed by atoms with Crippen molar-refractivity contribution in [2.45, 2.75) is 39.5 Å². The van der Waals surface area contributed by atoms with Gasteiger partial charge in [-0.05, 0) is 69.5 Å². The molecule has 2 aromatic carbocycles. The molecule has 1 aromatic heterocycles. The number of anilines is 5. The molecule has 2 fully saturated rings. The summed E-state index contributed by atoms with van der Waals surface area (Å²) in [6, 6.07) is 17.3. The minimum atomic E-state index is -0.381. The molecule has 1 unspecified atom stereocenters. The largest absolute Gasteiger partial charge is 0.341 e. The van der Waals surface area contributed by atoms with E-state index in [9.17, 15) is 9.59 Å². The number of aryl methyl sites for hydroxylation is 2. The Morgan fingerprint density at radius 3 is 2.33 bits per heavy atom. The van der Waals surface area contributed by atoms with Crippen LogP contribution in [0.4, 0.5) is 28.8 Å². The number of nitrogens with zero attached hydrogens (tertiary/aromatic N) is 4. The molecule has 0 bridgehead atoms. The van der Waals surface area contributed by atoms with Crippen LogP contribution in [0.5, 0.6) is 0 Å². The van der Waals surface area contributed by atoms with Crippen molar-refractivity contribution in [3.63, 3.8) is 0 Å². The molecule has 2 amide bonds. The van der Waals surface area contributed by atoms with Crippen LogP contribution in [0, 0.1) is 19.8 Å². The maximum absolute atomic E-state index is 12.9. The molecule has 0 radical (unpaired) electrons. The van der Waals surface area contributed by atoms with Crippen molar-refractivity contribution in [3.05, 3.63) is 65.9 Å². The monoisotopic (exact) mass is 484 g/mol. The minimum Gasteiger partial charge on any atom is -0.341 e. The molecule has 0 aliphatic carbocycles. The maximum atomic E-state index is 12.9. The Kier molecular flexibility index (Phi) is 6.84. The number of aromatic nitrogens is 2. The summed E-state index contributed by atoms with van der Waals surface area (Å²) in [7, 11) is 0. The maximum Gasteiger partial charge on any atom is 0.229 e. The van der Waals surface area contributed by atoms with Gasteiger partial charge in [0.25, 0.3) is 0 Å². The van der Waals surface area contributed by atoms with E-state index < -0.39 is 0 Å². The lowest BCUT2D eigenvalue weighted by Crippen LogP contribution is -2.31. The van der Waals surface area contributed by atoms with E-state index in [1.807, 2.05) is 68.4 Å². The van der Waals surface area contributed by atoms with E-state index in [1.54, 1.807) is 4.90 Å². The van der Waals surface area contributed by atoms with Gasteiger partial charge in [0.15, 0.2) is 0 Å². The summed E-state index contributed by atoms with van der Waals surface area (Å²) < 4.78 is 0. The summed E-state index contributed by atoms with van der Waals surface area (Å²) in [4.78, 5) is 38.7. The molecule has 8 heteroatoms. The molecular formula is C28H32N6O2. The number of benzene rings is 2. The van der Waals surface area contributed by atoms with Gasteiger partial charge < -0.3 is 20.4 Å². The van der Waals surface area contributed by atoms with Crippen LogP contribution in [-0.4, -0.2) is 41.4 Å². The fraction of sp³-hybridized carbons (Fsp3) is 0.357. The Balaban J connectivity index is 1.20. The van der Waals surface area contributed by atoms with Gasteiger partial charge in [0.1, 0.15) is 5.82 Å². The van der Waals surface area contributed by atoms with E-state index in [-0.39, 0.29) is 24.2 Å². The van der Waals surface area contributed by atoms with Gasteiger partial charge >= 0.3 is 0 Å². The molecule has 1 atom stereocenters. The Morgan fingerprint density at radius 2 is 1.61 bits per heavy atom. The Labute approximate surface area is 211 Å². The molecule has 3 aromatic rings. The number of nitrogens with one attached hydrogen (secondary N) is 2. The number of rotatable bonds is 6. The zero-order valence-corrected chi connectivity index (χ0v) is 20.8. The molecule has 2 aliphatic rings. The van der Waals surface area contributed by atoms with Crippen LogP contribution in [-0.2, 0) is 9.59 Å². The average Bonchev–Trinajstić information content (AvgIpc) is 3.27. The lowest BCUT2D eigenvalue weighted by molar-refractivity contribution is -0.122. The van der Waals surface area contributed by atoms with E-state index >= 15 is 0 Å². The first-order valence-corrected chi connectivity index (χ1v) is 12.6. The van der Waals surface area contributed by atoms with Gasteiger partial charge in [-0.25, -0.2) is 4.98 Å². The van der Waals surface area contributed by atoms with E-state index in [4.69, 9.17) is 4.98 Å². The molecule has 3 heterocycles. The van der Waals surface area contributed by atoms with Crippen LogP contribution >= 0.6 is 0 Å². The first-order chi connectivity index (χ1) is 17.4. The SMILES string of the molecule is Cc1ccc(N2CC(C(=O)Nc3ccc(Nc4cc(C)nc(N5CCCCC5)n4)cc3)CC2=O)cc1. The summed E-state index contributed by atoms with van der Waals surface area (Å²) in [5.41, 5.74) is 4.45. The molecule has 36 heavy (non-hydrogen) atoms. The summed E-state index contributed by atoms with van der Waals surface area (Å²) in [5, 5.41) is 6.31. The van der Waals surface area contributed by atoms with Crippen LogP contribution in [0.25, 0.3) is 0 Å². The molecular weight excluding hydrogens is 452 g/mol. The molecule has 0 saturated carbocycles. The van der Waals surface area contributed by atoms with Crippen molar-refractivity contribution in [1.82, 2.24) is 9.97 Å². The highest BCUT2D eigenvalue weighted by Gasteiger charge is 2.35. The Morgan fingerprint density at radius 1 is 0.917 bits per heavy atom.